The summed E-state index contributed by atoms with van der Waals surface area (Å²) in [5, 5.41) is 20.6. The van der Waals surface area contributed by atoms with E-state index >= 15 is 0 Å². The molecule has 0 saturated carbocycles. The highest BCUT2D eigenvalue weighted by Crippen LogP contribution is 2.57. The van der Waals surface area contributed by atoms with Gasteiger partial charge >= 0.3 is 11.9 Å². The molecule has 166 valence electrons. The SMILES string of the molecule is CCCCCCCC(CCC)C(CCC)(CCC)C(CCC)(C(=O)O)C(=O)O. The van der Waals surface area contributed by atoms with Gasteiger partial charge in [0.2, 0.25) is 0 Å². The van der Waals surface area contributed by atoms with E-state index in [0.29, 0.717) is 19.3 Å². The lowest BCUT2D eigenvalue weighted by molar-refractivity contribution is -0.185. The maximum atomic E-state index is 12.6. The molecule has 0 aliphatic heterocycles. The zero-order valence-corrected chi connectivity index (χ0v) is 19.2. The Morgan fingerprint density at radius 1 is 0.643 bits per heavy atom. The third-order valence-corrected chi connectivity index (χ3v) is 6.67. The van der Waals surface area contributed by atoms with E-state index in [0.717, 1.165) is 44.9 Å². The quantitative estimate of drug-likeness (QED) is 0.187. The van der Waals surface area contributed by atoms with Crippen LogP contribution in [0.5, 0.6) is 0 Å². The van der Waals surface area contributed by atoms with Crippen LogP contribution in [0.15, 0.2) is 0 Å². The minimum Gasteiger partial charge on any atom is -0.480 e. The van der Waals surface area contributed by atoms with Crippen molar-refractivity contribution < 1.29 is 19.8 Å². The van der Waals surface area contributed by atoms with Crippen LogP contribution in [0.4, 0.5) is 0 Å². The fraction of sp³-hybridized carbons (Fsp3) is 0.917. The van der Waals surface area contributed by atoms with E-state index in [4.69, 9.17) is 0 Å². The summed E-state index contributed by atoms with van der Waals surface area (Å²) < 4.78 is 0. The molecule has 0 aromatic heterocycles. The van der Waals surface area contributed by atoms with E-state index in [1.165, 1.54) is 19.3 Å². The number of rotatable bonds is 18. The molecule has 0 amide bonds. The van der Waals surface area contributed by atoms with Gasteiger partial charge in [-0.15, -0.1) is 0 Å². The van der Waals surface area contributed by atoms with Gasteiger partial charge in [0.05, 0.1) is 0 Å². The van der Waals surface area contributed by atoms with Gasteiger partial charge in [-0.1, -0.05) is 98.8 Å². The number of carbonyl (C=O) groups is 2. The van der Waals surface area contributed by atoms with E-state index in [1.54, 1.807) is 0 Å². The number of hydrogen-bond donors (Lipinski definition) is 2. The first kappa shape index (κ1) is 26.9. The lowest BCUT2D eigenvalue weighted by atomic mass is 9.50. The molecular weight excluding hydrogens is 352 g/mol. The average molecular weight is 399 g/mol. The first-order valence-corrected chi connectivity index (χ1v) is 11.8. The Morgan fingerprint density at radius 2 is 1.14 bits per heavy atom. The van der Waals surface area contributed by atoms with Crippen molar-refractivity contribution in [2.45, 2.75) is 125 Å². The summed E-state index contributed by atoms with van der Waals surface area (Å²) in [7, 11) is 0. The van der Waals surface area contributed by atoms with Crippen LogP contribution in [0.3, 0.4) is 0 Å². The fourth-order valence-corrected chi connectivity index (χ4v) is 5.60. The third-order valence-electron chi connectivity index (χ3n) is 6.67. The second-order valence-corrected chi connectivity index (χ2v) is 8.61. The Morgan fingerprint density at radius 3 is 1.54 bits per heavy atom. The lowest BCUT2D eigenvalue weighted by Gasteiger charge is -2.51. The molecule has 0 bridgehead atoms. The molecule has 28 heavy (non-hydrogen) atoms. The molecule has 0 spiro atoms. The minimum absolute atomic E-state index is 0.151. The van der Waals surface area contributed by atoms with E-state index in [2.05, 4.69) is 27.7 Å². The number of carboxylic acids is 2. The molecule has 0 aromatic rings. The molecule has 0 heterocycles. The van der Waals surface area contributed by atoms with Crippen LogP contribution >= 0.6 is 0 Å². The Hall–Kier alpha value is -1.06. The largest absolute Gasteiger partial charge is 0.480 e. The van der Waals surface area contributed by atoms with Crippen molar-refractivity contribution in [3.05, 3.63) is 0 Å². The first-order valence-electron chi connectivity index (χ1n) is 11.8. The van der Waals surface area contributed by atoms with E-state index in [-0.39, 0.29) is 12.3 Å². The highest BCUT2D eigenvalue weighted by Gasteiger charge is 2.62. The predicted octanol–water partition coefficient (Wildman–Crippen LogP) is 7.31. The van der Waals surface area contributed by atoms with Crippen LogP contribution in [0.25, 0.3) is 0 Å². The summed E-state index contributed by atoms with van der Waals surface area (Å²) in [6.45, 7) is 10.4. The van der Waals surface area contributed by atoms with Gasteiger partial charge in [-0.2, -0.15) is 0 Å². The van der Waals surface area contributed by atoms with Crippen LogP contribution in [-0.2, 0) is 9.59 Å². The van der Waals surface area contributed by atoms with Crippen molar-refractivity contribution in [3.8, 4) is 0 Å². The van der Waals surface area contributed by atoms with Crippen molar-refractivity contribution in [3.63, 3.8) is 0 Å². The summed E-state index contributed by atoms with van der Waals surface area (Å²) in [6.07, 6.45) is 12.5. The fourth-order valence-electron chi connectivity index (χ4n) is 5.60. The van der Waals surface area contributed by atoms with Crippen LogP contribution in [-0.4, -0.2) is 22.2 Å². The number of hydrogen-bond acceptors (Lipinski definition) is 2. The lowest BCUT2D eigenvalue weighted by Crippen LogP contribution is -2.56. The molecule has 4 heteroatoms. The highest BCUT2D eigenvalue weighted by molar-refractivity contribution is 5.99. The molecule has 0 aliphatic carbocycles. The zero-order chi connectivity index (χ0) is 21.6. The van der Waals surface area contributed by atoms with Crippen molar-refractivity contribution in [1.82, 2.24) is 0 Å². The Bertz CT molecular complexity index is 424. The molecule has 1 atom stereocenters. The molecule has 2 N–H and O–H groups in total. The molecule has 0 radical (unpaired) electrons. The molecule has 1 unspecified atom stereocenters. The van der Waals surface area contributed by atoms with Gasteiger partial charge in [0.25, 0.3) is 0 Å². The number of unbranched alkanes of at least 4 members (excludes halogenated alkanes) is 4. The maximum absolute atomic E-state index is 12.6. The summed E-state index contributed by atoms with van der Waals surface area (Å²) >= 11 is 0. The first-order chi connectivity index (χ1) is 13.3. The van der Waals surface area contributed by atoms with Crippen LogP contribution in [0.1, 0.15) is 125 Å². The van der Waals surface area contributed by atoms with Crippen LogP contribution < -0.4 is 0 Å². The molecule has 0 aromatic carbocycles. The zero-order valence-electron chi connectivity index (χ0n) is 19.2. The van der Waals surface area contributed by atoms with Gasteiger partial charge < -0.3 is 10.2 Å². The Labute approximate surface area is 173 Å². The Balaban J connectivity index is 6.21. The standard InChI is InChI=1S/C24H46O4/c1-6-11-12-13-14-16-20(15-7-2)23(17-8-3,18-9-4)24(19-10-5,21(25)26)22(27)28/h20H,6-19H2,1-5H3,(H,25,26)(H,27,28). The van der Waals surface area contributed by atoms with E-state index in [1.807, 2.05) is 6.92 Å². The number of carboxylic acid groups (broad SMARTS) is 2. The molecular formula is C24H46O4. The van der Waals surface area contributed by atoms with Gasteiger partial charge in [0.1, 0.15) is 0 Å². The summed E-state index contributed by atoms with van der Waals surface area (Å²) in [5.74, 6) is -2.11. The van der Waals surface area contributed by atoms with Crippen molar-refractivity contribution in [2.75, 3.05) is 0 Å². The molecule has 0 rings (SSSR count). The van der Waals surface area contributed by atoms with Crippen molar-refractivity contribution >= 4 is 11.9 Å². The maximum Gasteiger partial charge on any atom is 0.321 e. The van der Waals surface area contributed by atoms with Crippen LogP contribution in [0, 0.1) is 16.7 Å². The highest BCUT2D eigenvalue weighted by atomic mass is 16.4. The smallest absolute Gasteiger partial charge is 0.321 e. The average Bonchev–Trinajstić information content (AvgIpc) is 2.64. The third kappa shape index (κ3) is 6.22. The van der Waals surface area contributed by atoms with E-state index in [9.17, 15) is 19.8 Å². The Kier molecular flexibility index (Phi) is 13.5. The molecule has 4 nitrogen and oxygen atoms in total. The van der Waals surface area contributed by atoms with Crippen molar-refractivity contribution in [2.24, 2.45) is 16.7 Å². The van der Waals surface area contributed by atoms with Gasteiger partial charge in [0.15, 0.2) is 5.41 Å². The van der Waals surface area contributed by atoms with Gasteiger partial charge in [0, 0.05) is 5.41 Å². The summed E-state index contributed by atoms with van der Waals surface area (Å²) in [6, 6.07) is 0. The molecule has 0 aliphatic rings. The summed E-state index contributed by atoms with van der Waals surface area (Å²) in [4.78, 5) is 25.2. The van der Waals surface area contributed by atoms with Gasteiger partial charge in [-0.3, -0.25) is 9.59 Å². The number of aliphatic carboxylic acids is 2. The summed E-state index contributed by atoms with van der Waals surface area (Å²) in [5.41, 5.74) is -2.36. The van der Waals surface area contributed by atoms with Gasteiger partial charge in [-0.25, -0.2) is 0 Å². The van der Waals surface area contributed by atoms with Crippen molar-refractivity contribution in [1.29, 1.82) is 0 Å². The monoisotopic (exact) mass is 398 g/mol. The second kappa shape index (κ2) is 14.0. The molecule has 0 fully saturated rings. The van der Waals surface area contributed by atoms with Gasteiger partial charge in [-0.05, 0) is 31.6 Å². The van der Waals surface area contributed by atoms with E-state index < -0.39 is 22.8 Å². The minimum atomic E-state index is -1.68. The normalized spacial score (nSPS) is 13.5. The van der Waals surface area contributed by atoms with Crippen LogP contribution in [0.2, 0.25) is 0 Å². The second-order valence-electron chi connectivity index (χ2n) is 8.61. The predicted molar refractivity (Wildman–Crippen MR) is 117 cm³/mol. The molecule has 0 saturated heterocycles. The topological polar surface area (TPSA) is 74.6 Å².